The van der Waals surface area contributed by atoms with Crippen molar-refractivity contribution in [3.63, 3.8) is 0 Å². The van der Waals surface area contributed by atoms with Gasteiger partial charge in [-0.1, -0.05) is 94.7 Å². The van der Waals surface area contributed by atoms with E-state index in [1.165, 1.54) is 0 Å². The van der Waals surface area contributed by atoms with Crippen molar-refractivity contribution in [2.75, 3.05) is 0 Å². The molecule has 0 rings (SSSR count). The number of hydrogen-bond acceptors (Lipinski definition) is 1. The highest BCUT2D eigenvalue weighted by Crippen LogP contribution is 2.43. The van der Waals surface area contributed by atoms with Crippen molar-refractivity contribution >= 4 is 16.1 Å². The molecule has 0 radical (unpaired) electrons. The lowest BCUT2D eigenvalue weighted by molar-refractivity contribution is 0.174. The van der Waals surface area contributed by atoms with Crippen LogP contribution in [-0.2, 0) is 0 Å². The monoisotopic (exact) mass is 408 g/mol. The third-order valence-electron chi connectivity index (χ3n) is 7.09. The first-order valence-corrected chi connectivity index (χ1v) is 15.6. The summed E-state index contributed by atoms with van der Waals surface area (Å²) in [7, 11) is -3.50. The molecule has 0 fully saturated rings. The van der Waals surface area contributed by atoms with Crippen LogP contribution in [0.3, 0.4) is 0 Å². The minimum Gasteiger partial charge on any atom is -0.374 e. The summed E-state index contributed by atoms with van der Waals surface area (Å²) in [5.74, 6) is 3.34. The molecule has 3 heteroatoms. The molecule has 0 saturated carbocycles. The predicted molar refractivity (Wildman–Crippen MR) is 130 cm³/mol. The van der Waals surface area contributed by atoms with Gasteiger partial charge in [0.1, 0.15) is 13.7 Å². The molecule has 27 heavy (non-hydrogen) atoms. The van der Waals surface area contributed by atoms with Crippen LogP contribution in [0.1, 0.15) is 90.0 Å². The number of hydrogen-bond donors (Lipinski definition) is 1. The Balaban J connectivity index is 6.13. The molecule has 1 atom stereocenters. The number of aliphatic hydroxyl groups is 1. The lowest BCUT2D eigenvalue weighted by Crippen LogP contribution is -2.44. The van der Waals surface area contributed by atoms with E-state index in [0.717, 1.165) is 0 Å². The zero-order valence-corrected chi connectivity index (χ0v) is 22.6. The Hall–Kier alpha value is -0.306. The van der Waals surface area contributed by atoms with Gasteiger partial charge < -0.3 is 5.11 Å². The first-order valence-electron chi connectivity index (χ1n) is 11.0. The van der Waals surface area contributed by atoms with Crippen LogP contribution < -0.4 is 0 Å². The molecule has 0 aliphatic rings. The lowest BCUT2D eigenvalue weighted by atomic mass is 10.1. The fraction of sp³-hybridized carbons (Fsp3) is 0.833. The molecule has 1 unspecified atom stereocenters. The van der Waals surface area contributed by atoms with Crippen LogP contribution in [0.15, 0.2) is 11.8 Å². The third kappa shape index (κ3) is 5.84. The second-order valence-corrected chi connectivity index (χ2v) is 22.0. The molecule has 0 aliphatic carbocycles. The second kappa shape index (κ2) is 9.94. The molecule has 0 spiro atoms. The van der Waals surface area contributed by atoms with Crippen LogP contribution in [0.2, 0.25) is 33.2 Å². The Morgan fingerprint density at radius 2 is 1.00 bits per heavy atom. The summed E-state index contributed by atoms with van der Waals surface area (Å²) in [6.45, 7) is 29.9. The van der Waals surface area contributed by atoms with Crippen LogP contribution in [-0.4, -0.2) is 26.9 Å². The molecule has 0 heterocycles. The van der Waals surface area contributed by atoms with Crippen molar-refractivity contribution < 1.29 is 5.11 Å². The van der Waals surface area contributed by atoms with Gasteiger partial charge >= 0.3 is 0 Å². The van der Waals surface area contributed by atoms with Gasteiger partial charge in [-0.25, -0.2) is 0 Å². The van der Waals surface area contributed by atoms with E-state index in [0.29, 0.717) is 33.2 Å². The van der Waals surface area contributed by atoms with E-state index in [4.69, 9.17) is 0 Å². The summed E-state index contributed by atoms with van der Waals surface area (Å²) in [5, 5.41) is 11.1. The molecule has 0 saturated heterocycles. The van der Waals surface area contributed by atoms with Crippen LogP contribution >= 0.6 is 0 Å². The van der Waals surface area contributed by atoms with E-state index < -0.39 is 21.7 Å². The molecule has 0 aliphatic heterocycles. The molecule has 0 bridgehead atoms. The maximum atomic E-state index is 11.1. The summed E-state index contributed by atoms with van der Waals surface area (Å²) in [6, 6.07) is 0. The minimum atomic E-state index is -1.82. The smallest absolute Gasteiger partial charge is 0.146 e. The van der Waals surface area contributed by atoms with E-state index >= 15 is 0 Å². The Morgan fingerprint density at radius 1 is 0.667 bits per heavy atom. The maximum Gasteiger partial charge on any atom is 0.146 e. The molecule has 0 amide bonds. The second-order valence-electron chi connectivity index (χ2n) is 10.6. The predicted octanol–water partition coefficient (Wildman–Crippen LogP) is 7.73. The van der Waals surface area contributed by atoms with Crippen LogP contribution in [0.4, 0.5) is 0 Å². The van der Waals surface area contributed by atoms with Gasteiger partial charge in [0.2, 0.25) is 0 Å². The Labute approximate surface area is 173 Å². The van der Waals surface area contributed by atoms with Crippen molar-refractivity contribution in [3.8, 4) is 11.5 Å². The normalized spacial score (nSPS) is 16.1. The van der Waals surface area contributed by atoms with E-state index in [-0.39, 0.29) is 0 Å². The fourth-order valence-corrected chi connectivity index (χ4v) is 16.7. The molecular weight excluding hydrogens is 360 g/mol. The first kappa shape index (κ1) is 26.7. The fourth-order valence-electron chi connectivity index (χ4n) is 5.59. The van der Waals surface area contributed by atoms with Gasteiger partial charge in [0.25, 0.3) is 0 Å². The Kier molecular flexibility index (Phi) is 9.83. The van der Waals surface area contributed by atoms with Crippen molar-refractivity contribution in [2.24, 2.45) is 0 Å². The highest BCUT2D eigenvalue weighted by molar-refractivity contribution is 6.90. The van der Waals surface area contributed by atoms with E-state index in [2.05, 4.69) is 100 Å². The first-order chi connectivity index (χ1) is 12.1. The molecule has 1 nitrogen and oxygen atoms in total. The number of rotatable bonds is 8. The van der Waals surface area contributed by atoms with E-state index in [1.54, 1.807) is 0 Å². The lowest BCUT2D eigenvalue weighted by Gasteiger charge is -2.41. The summed E-state index contributed by atoms with van der Waals surface area (Å²) >= 11 is 0. The van der Waals surface area contributed by atoms with Gasteiger partial charge in [-0.15, -0.1) is 5.54 Å². The SMILES string of the molecule is CC(C)[Si](C#CC(C)(O)/C=C/[Si](C(C)C)(C(C)C)C(C)C)(C(C)C)C(C)C. The maximum absolute atomic E-state index is 11.1. The van der Waals surface area contributed by atoms with Crippen molar-refractivity contribution in [3.05, 3.63) is 11.8 Å². The third-order valence-corrected chi connectivity index (χ3v) is 20.1. The zero-order chi connectivity index (χ0) is 21.8. The summed E-state index contributed by atoms with van der Waals surface area (Å²) < 4.78 is 0. The zero-order valence-electron chi connectivity index (χ0n) is 20.6. The van der Waals surface area contributed by atoms with Crippen LogP contribution in [0.5, 0.6) is 0 Å². The van der Waals surface area contributed by atoms with Gasteiger partial charge in [0.15, 0.2) is 0 Å². The largest absolute Gasteiger partial charge is 0.374 e. The quantitative estimate of drug-likeness (QED) is 0.322. The minimum absolute atomic E-state index is 0.584. The standard InChI is InChI=1S/C24H48OSi2/c1-18(2)26(19(3)4,20(5)6)16-14-24(13,25)15-17-27(21(7)8,22(9)10)23(11)12/h14,16,18-23,25H,1-13H3/b16-14+. The Morgan fingerprint density at radius 3 is 1.26 bits per heavy atom. The highest BCUT2D eigenvalue weighted by Gasteiger charge is 2.43. The average molecular weight is 409 g/mol. The highest BCUT2D eigenvalue weighted by atomic mass is 28.3. The summed E-state index contributed by atoms with van der Waals surface area (Å²) in [4.78, 5) is 0. The van der Waals surface area contributed by atoms with E-state index in [9.17, 15) is 5.11 Å². The van der Waals surface area contributed by atoms with Gasteiger partial charge in [-0.2, -0.15) is 0 Å². The van der Waals surface area contributed by atoms with Gasteiger partial charge in [-0.3, -0.25) is 0 Å². The molecule has 0 aromatic carbocycles. The van der Waals surface area contributed by atoms with Crippen LogP contribution in [0, 0.1) is 11.5 Å². The molecule has 0 aromatic heterocycles. The molecule has 158 valence electrons. The molecule has 1 N–H and O–H groups in total. The Bertz CT molecular complexity index is 499. The summed E-state index contributed by atoms with van der Waals surface area (Å²) in [5.41, 5.74) is 8.75. The molecule has 0 aromatic rings. The topological polar surface area (TPSA) is 20.2 Å². The van der Waals surface area contributed by atoms with Crippen molar-refractivity contribution in [2.45, 2.75) is 129 Å². The van der Waals surface area contributed by atoms with Gasteiger partial charge in [0.05, 0.1) is 8.07 Å². The summed E-state index contributed by atoms with van der Waals surface area (Å²) in [6.07, 6.45) is 2.03. The van der Waals surface area contributed by atoms with Crippen molar-refractivity contribution in [1.29, 1.82) is 0 Å². The van der Waals surface area contributed by atoms with E-state index in [1.807, 2.05) is 13.0 Å². The van der Waals surface area contributed by atoms with Crippen molar-refractivity contribution in [1.82, 2.24) is 0 Å². The van der Waals surface area contributed by atoms with Gasteiger partial charge in [0, 0.05) is 0 Å². The van der Waals surface area contributed by atoms with Crippen LogP contribution in [0.25, 0.3) is 0 Å². The molecular formula is C24H48OSi2. The van der Waals surface area contributed by atoms with Gasteiger partial charge in [-0.05, 0) is 46.2 Å². The average Bonchev–Trinajstić information content (AvgIpc) is 2.45.